The number of carbonyl (C=O) groups is 1. The summed E-state index contributed by atoms with van der Waals surface area (Å²) in [4.78, 5) is 12.8. The van der Waals surface area contributed by atoms with Crippen LogP contribution in [-0.4, -0.2) is 36.9 Å². The summed E-state index contributed by atoms with van der Waals surface area (Å²) in [6.07, 6.45) is 0. The molecule has 8 heteroatoms. The van der Waals surface area contributed by atoms with Gasteiger partial charge in [-0.1, -0.05) is 51.1 Å². The predicted octanol–water partition coefficient (Wildman–Crippen LogP) is 6.66. The van der Waals surface area contributed by atoms with Gasteiger partial charge in [0.2, 0.25) is 8.32 Å². The normalized spacial score (nSPS) is 12.2. The number of rotatable bonds is 7. The number of sulfonamides is 1. The van der Waals surface area contributed by atoms with Crippen LogP contribution in [0.25, 0.3) is 11.1 Å². The fourth-order valence-corrected chi connectivity index (χ4v) is 5.98. The van der Waals surface area contributed by atoms with Gasteiger partial charge in [-0.25, -0.2) is 13.2 Å². The van der Waals surface area contributed by atoms with Crippen LogP contribution in [0.5, 0.6) is 5.75 Å². The maximum absolute atomic E-state index is 13.6. The molecule has 0 saturated heterocycles. The Morgan fingerprint density at radius 3 is 2.03 bits per heavy atom. The van der Waals surface area contributed by atoms with Gasteiger partial charge in [0.25, 0.3) is 10.0 Å². The second kappa shape index (κ2) is 10.1. The van der Waals surface area contributed by atoms with E-state index in [0.29, 0.717) is 11.3 Å². The van der Waals surface area contributed by atoms with Crippen molar-refractivity contribution in [2.24, 2.45) is 0 Å². The molecule has 0 saturated carbocycles. The number of hydrogen-bond donors (Lipinski definition) is 0. The van der Waals surface area contributed by atoms with E-state index in [2.05, 4.69) is 33.9 Å². The van der Waals surface area contributed by atoms with Crippen LogP contribution in [0.1, 0.15) is 36.7 Å². The third-order valence-electron chi connectivity index (χ3n) is 6.79. The van der Waals surface area contributed by atoms with Crippen molar-refractivity contribution in [3.63, 3.8) is 0 Å². The molecular formula is C28H35NO5SSi. The van der Waals surface area contributed by atoms with Gasteiger partial charge in [0.05, 0.1) is 23.3 Å². The van der Waals surface area contributed by atoms with Crippen LogP contribution in [0, 0.1) is 6.92 Å². The molecule has 192 valence electrons. The standard InChI is InChI=1S/C28H35NO5SSi/c1-20-18-22(21-12-10-9-11-13-21)19-25(27(30)33-6)26(20)29(5)35(31,32)24-16-14-23(15-17-24)34-36(7,8)28(2,3)4/h9-19H,1-8H3. The molecule has 0 aliphatic carbocycles. The molecule has 0 N–H and O–H groups in total. The Labute approximate surface area is 216 Å². The Morgan fingerprint density at radius 1 is 0.917 bits per heavy atom. The molecule has 0 atom stereocenters. The van der Waals surface area contributed by atoms with E-state index in [1.165, 1.54) is 14.2 Å². The van der Waals surface area contributed by atoms with Crippen LogP contribution in [0.15, 0.2) is 71.6 Å². The average Bonchev–Trinajstić information content (AvgIpc) is 2.82. The minimum atomic E-state index is -3.96. The van der Waals surface area contributed by atoms with Crippen LogP contribution < -0.4 is 8.73 Å². The summed E-state index contributed by atoms with van der Waals surface area (Å²) in [6.45, 7) is 12.5. The predicted molar refractivity (Wildman–Crippen MR) is 148 cm³/mol. The van der Waals surface area contributed by atoms with Gasteiger partial charge >= 0.3 is 5.97 Å². The Balaban J connectivity index is 2.02. The molecular weight excluding hydrogens is 490 g/mol. The summed E-state index contributed by atoms with van der Waals surface area (Å²) in [5.74, 6) is 0.0351. The largest absolute Gasteiger partial charge is 0.544 e. The van der Waals surface area contributed by atoms with E-state index in [-0.39, 0.29) is 21.2 Å². The lowest BCUT2D eigenvalue weighted by Gasteiger charge is -2.36. The van der Waals surface area contributed by atoms with E-state index >= 15 is 0 Å². The van der Waals surface area contributed by atoms with Crippen molar-refractivity contribution in [1.29, 1.82) is 0 Å². The third-order valence-corrected chi connectivity index (χ3v) is 12.9. The van der Waals surface area contributed by atoms with Gasteiger partial charge in [-0.3, -0.25) is 4.31 Å². The second-order valence-electron chi connectivity index (χ2n) is 10.4. The van der Waals surface area contributed by atoms with E-state index in [9.17, 15) is 13.2 Å². The molecule has 0 aromatic heterocycles. The maximum atomic E-state index is 13.6. The molecule has 0 radical (unpaired) electrons. The summed E-state index contributed by atoms with van der Waals surface area (Å²) in [7, 11) is -3.29. The summed E-state index contributed by atoms with van der Waals surface area (Å²) < 4.78 is 39.6. The fourth-order valence-electron chi connectivity index (χ4n) is 3.67. The van der Waals surface area contributed by atoms with Crippen molar-refractivity contribution in [3.8, 4) is 16.9 Å². The molecule has 0 heterocycles. The van der Waals surface area contributed by atoms with Crippen LogP contribution in [0.2, 0.25) is 18.1 Å². The molecule has 36 heavy (non-hydrogen) atoms. The van der Waals surface area contributed by atoms with Gasteiger partial charge in [0.15, 0.2) is 0 Å². The van der Waals surface area contributed by atoms with Gasteiger partial charge in [-0.05, 0) is 78.1 Å². The highest BCUT2D eigenvalue weighted by atomic mass is 32.2. The highest BCUT2D eigenvalue weighted by Gasteiger charge is 2.39. The minimum Gasteiger partial charge on any atom is -0.544 e. The SMILES string of the molecule is COC(=O)c1cc(-c2ccccc2)cc(C)c1N(C)S(=O)(=O)c1ccc(O[Si](C)(C)C(C)(C)C)cc1. The maximum Gasteiger partial charge on any atom is 0.340 e. The van der Waals surface area contributed by atoms with E-state index < -0.39 is 24.3 Å². The van der Waals surface area contributed by atoms with Crippen LogP contribution >= 0.6 is 0 Å². The lowest BCUT2D eigenvalue weighted by Crippen LogP contribution is -2.43. The van der Waals surface area contributed by atoms with Crippen molar-refractivity contribution < 1.29 is 22.4 Å². The molecule has 3 aromatic rings. The van der Waals surface area contributed by atoms with E-state index in [1.54, 1.807) is 37.3 Å². The number of anilines is 1. The number of hydrogen-bond acceptors (Lipinski definition) is 5. The lowest BCUT2D eigenvalue weighted by molar-refractivity contribution is 0.0601. The minimum absolute atomic E-state index is 0.0195. The molecule has 0 fully saturated rings. The number of aryl methyl sites for hydroxylation is 1. The van der Waals surface area contributed by atoms with Crippen LogP contribution in [0.4, 0.5) is 5.69 Å². The quantitative estimate of drug-likeness (QED) is 0.255. The first-order valence-electron chi connectivity index (χ1n) is 11.8. The fraction of sp³-hybridized carbons (Fsp3) is 0.321. The highest BCUT2D eigenvalue weighted by molar-refractivity contribution is 7.92. The number of ether oxygens (including phenoxy) is 1. The number of carbonyl (C=O) groups excluding carboxylic acids is 1. The summed E-state index contributed by atoms with van der Waals surface area (Å²) in [5.41, 5.74) is 2.82. The van der Waals surface area contributed by atoms with Crippen molar-refractivity contribution in [1.82, 2.24) is 0 Å². The number of nitrogens with zero attached hydrogens (tertiary/aromatic N) is 1. The summed E-state index contributed by atoms with van der Waals surface area (Å²) in [6, 6.07) is 19.6. The van der Waals surface area contributed by atoms with E-state index in [4.69, 9.17) is 9.16 Å². The first kappa shape index (κ1) is 27.5. The second-order valence-corrected chi connectivity index (χ2v) is 17.0. The zero-order chi connectivity index (χ0) is 26.9. The average molecular weight is 526 g/mol. The summed E-state index contributed by atoms with van der Waals surface area (Å²) >= 11 is 0. The molecule has 0 spiro atoms. The van der Waals surface area contributed by atoms with Crippen molar-refractivity contribution in [2.45, 2.75) is 50.7 Å². The number of benzene rings is 3. The van der Waals surface area contributed by atoms with Crippen LogP contribution in [-0.2, 0) is 14.8 Å². The molecule has 0 amide bonds. The first-order chi connectivity index (χ1) is 16.7. The molecule has 3 aromatic carbocycles. The molecule has 0 bridgehead atoms. The third kappa shape index (κ3) is 5.49. The van der Waals surface area contributed by atoms with Gasteiger partial charge in [0.1, 0.15) is 5.75 Å². The van der Waals surface area contributed by atoms with E-state index in [0.717, 1.165) is 15.4 Å². The monoisotopic (exact) mass is 525 g/mol. The van der Waals surface area contributed by atoms with Crippen molar-refractivity contribution in [2.75, 3.05) is 18.5 Å². The Bertz CT molecular complexity index is 1350. The van der Waals surface area contributed by atoms with Crippen molar-refractivity contribution >= 4 is 30.0 Å². The topological polar surface area (TPSA) is 72.9 Å². The Morgan fingerprint density at radius 2 is 1.50 bits per heavy atom. The number of esters is 1. The smallest absolute Gasteiger partial charge is 0.340 e. The summed E-state index contributed by atoms with van der Waals surface area (Å²) in [5, 5.41) is 0.0195. The highest BCUT2D eigenvalue weighted by Crippen LogP contribution is 2.38. The zero-order valence-corrected chi connectivity index (χ0v) is 24.1. The Kier molecular flexibility index (Phi) is 7.71. The van der Waals surface area contributed by atoms with Gasteiger partial charge in [0, 0.05) is 7.05 Å². The molecule has 6 nitrogen and oxygen atoms in total. The lowest BCUT2D eigenvalue weighted by atomic mass is 9.98. The van der Waals surface area contributed by atoms with E-state index in [1.807, 2.05) is 36.4 Å². The zero-order valence-electron chi connectivity index (χ0n) is 22.2. The molecule has 0 unspecified atom stereocenters. The molecule has 3 rings (SSSR count). The van der Waals surface area contributed by atoms with Gasteiger partial charge in [-0.15, -0.1) is 0 Å². The van der Waals surface area contributed by atoms with Crippen molar-refractivity contribution in [3.05, 3.63) is 77.9 Å². The molecule has 0 aliphatic rings. The van der Waals surface area contributed by atoms with Gasteiger partial charge in [-0.2, -0.15) is 0 Å². The molecule has 0 aliphatic heterocycles. The Hall–Kier alpha value is -3.10. The van der Waals surface area contributed by atoms with Crippen LogP contribution in [0.3, 0.4) is 0 Å². The number of methoxy groups -OCH3 is 1. The first-order valence-corrected chi connectivity index (χ1v) is 16.1. The van der Waals surface area contributed by atoms with Gasteiger partial charge < -0.3 is 9.16 Å².